The van der Waals surface area contributed by atoms with Gasteiger partial charge in [0.1, 0.15) is 5.75 Å². The number of carbonyl (C=O) groups excluding carboxylic acids is 1. The summed E-state index contributed by atoms with van der Waals surface area (Å²) in [5.41, 5.74) is 4.59. The lowest BCUT2D eigenvalue weighted by Gasteiger charge is -2.20. The summed E-state index contributed by atoms with van der Waals surface area (Å²) in [5, 5.41) is 6.21. The Morgan fingerprint density at radius 3 is 2.43 bits per heavy atom. The van der Waals surface area contributed by atoms with Gasteiger partial charge >= 0.3 is 0 Å². The van der Waals surface area contributed by atoms with E-state index in [9.17, 15) is 4.79 Å². The third-order valence-electron chi connectivity index (χ3n) is 4.52. The highest BCUT2D eigenvalue weighted by Gasteiger charge is 2.03. The van der Waals surface area contributed by atoms with Gasteiger partial charge in [0.25, 0.3) is 5.91 Å². The molecule has 0 aliphatic heterocycles. The monoisotopic (exact) mass is 375 g/mol. The second-order valence-corrected chi connectivity index (χ2v) is 6.35. The summed E-state index contributed by atoms with van der Waals surface area (Å²) in [6, 6.07) is 21.8. The molecule has 0 aromatic heterocycles. The molecule has 144 valence electrons. The lowest BCUT2D eigenvalue weighted by atomic mass is 10.1. The number of amides is 1. The number of rotatable bonds is 8. The predicted octanol–water partition coefficient (Wildman–Crippen LogP) is 4.22. The molecule has 1 N–H and O–H groups in total. The van der Waals surface area contributed by atoms with Crippen molar-refractivity contribution in [1.29, 1.82) is 0 Å². The van der Waals surface area contributed by atoms with Crippen molar-refractivity contribution < 1.29 is 9.53 Å². The van der Waals surface area contributed by atoms with Crippen molar-refractivity contribution in [1.82, 2.24) is 5.43 Å². The van der Waals surface area contributed by atoms with Gasteiger partial charge in [0.2, 0.25) is 0 Å². The molecule has 3 aromatic carbocycles. The molecule has 0 saturated heterocycles. The van der Waals surface area contributed by atoms with Crippen LogP contribution in [-0.4, -0.2) is 31.8 Å². The summed E-state index contributed by atoms with van der Waals surface area (Å²) < 4.78 is 5.55. The minimum Gasteiger partial charge on any atom is -0.484 e. The van der Waals surface area contributed by atoms with Gasteiger partial charge in [-0.05, 0) is 54.4 Å². The highest BCUT2D eigenvalue weighted by atomic mass is 16.5. The molecule has 0 unspecified atom stereocenters. The number of hydrogen-bond acceptors (Lipinski definition) is 4. The van der Waals surface area contributed by atoms with Gasteiger partial charge in [0, 0.05) is 18.8 Å². The first-order valence-electron chi connectivity index (χ1n) is 9.48. The Kier molecular flexibility index (Phi) is 6.63. The fourth-order valence-electron chi connectivity index (χ4n) is 2.98. The van der Waals surface area contributed by atoms with Crippen molar-refractivity contribution in [3.05, 3.63) is 72.3 Å². The molecular weight excluding hydrogens is 350 g/mol. The van der Waals surface area contributed by atoms with Crippen molar-refractivity contribution in [2.45, 2.75) is 13.8 Å². The summed E-state index contributed by atoms with van der Waals surface area (Å²) in [5.74, 6) is 0.356. The standard InChI is InChI=1S/C23H25N3O2/c1-3-26(4-2)21-12-9-18(10-13-21)16-24-25-23(27)17-28-22-14-11-19-7-5-6-8-20(19)15-22/h5-16H,3-4,17H2,1-2H3,(H,25,27). The van der Waals surface area contributed by atoms with Gasteiger partial charge in [-0.3, -0.25) is 4.79 Å². The van der Waals surface area contributed by atoms with Crippen molar-refractivity contribution in [3.8, 4) is 5.75 Å². The molecule has 3 aromatic rings. The summed E-state index contributed by atoms with van der Waals surface area (Å²) in [6.07, 6.45) is 1.62. The minimum atomic E-state index is -0.302. The fraction of sp³-hybridized carbons (Fsp3) is 0.217. The van der Waals surface area contributed by atoms with Crippen LogP contribution in [0.3, 0.4) is 0 Å². The van der Waals surface area contributed by atoms with Crippen LogP contribution < -0.4 is 15.1 Å². The zero-order valence-electron chi connectivity index (χ0n) is 16.3. The van der Waals surface area contributed by atoms with E-state index in [2.05, 4.69) is 41.4 Å². The van der Waals surface area contributed by atoms with Crippen LogP contribution in [0.25, 0.3) is 10.8 Å². The van der Waals surface area contributed by atoms with E-state index in [1.807, 2.05) is 54.6 Å². The number of ether oxygens (including phenoxy) is 1. The van der Waals surface area contributed by atoms with E-state index in [1.54, 1.807) is 6.21 Å². The molecule has 28 heavy (non-hydrogen) atoms. The van der Waals surface area contributed by atoms with E-state index in [4.69, 9.17) is 4.74 Å². The molecule has 0 bridgehead atoms. The quantitative estimate of drug-likeness (QED) is 0.474. The third-order valence-corrected chi connectivity index (χ3v) is 4.52. The van der Waals surface area contributed by atoms with E-state index in [-0.39, 0.29) is 12.5 Å². The summed E-state index contributed by atoms with van der Waals surface area (Å²) in [7, 11) is 0. The molecule has 3 rings (SSSR count). The van der Waals surface area contributed by atoms with E-state index in [1.165, 1.54) is 5.69 Å². The second-order valence-electron chi connectivity index (χ2n) is 6.35. The van der Waals surface area contributed by atoms with Gasteiger partial charge in [0.15, 0.2) is 6.61 Å². The van der Waals surface area contributed by atoms with E-state index >= 15 is 0 Å². The molecular formula is C23H25N3O2. The highest BCUT2D eigenvalue weighted by Crippen LogP contribution is 2.20. The van der Waals surface area contributed by atoms with Crippen molar-refractivity contribution in [2.24, 2.45) is 5.10 Å². The van der Waals surface area contributed by atoms with Crippen LogP contribution in [0.2, 0.25) is 0 Å². The van der Waals surface area contributed by atoms with E-state index < -0.39 is 0 Å². The maximum Gasteiger partial charge on any atom is 0.277 e. The minimum absolute atomic E-state index is 0.0867. The van der Waals surface area contributed by atoms with Crippen LogP contribution in [0, 0.1) is 0 Å². The number of hydrogen-bond donors (Lipinski definition) is 1. The molecule has 0 aliphatic carbocycles. The molecule has 0 spiro atoms. The summed E-state index contributed by atoms with van der Waals surface area (Å²) in [4.78, 5) is 14.2. The molecule has 0 heterocycles. The molecule has 0 atom stereocenters. The Morgan fingerprint density at radius 1 is 1.00 bits per heavy atom. The molecule has 0 radical (unpaired) electrons. The predicted molar refractivity (Wildman–Crippen MR) is 115 cm³/mol. The van der Waals surface area contributed by atoms with Crippen LogP contribution in [0.1, 0.15) is 19.4 Å². The Bertz CT molecular complexity index is 947. The van der Waals surface area contributed by atoms with E-state index in [0.29, 0.717) is 5.75 Å². The summed E-state index contributed by atoms with van der Waals surface area (Å²) in [6.45, 7) is 6.12. The number of carbonyl (C=O) groups is 1. The Hall–Kier alpha value is -3.34. The first-order chi connectivity index (χ1) is 13.7. The van der Waals surface area contributed by atoms with Gasteiger partial charge in [-0.25, -0.2) is 5.43 Å². The number of anilines is 1. The average Bonchev–Trinajstić information content (AvgIpc) is 2.74. The normalized spacial score (nSPS) is 10.9. The van der Waals surface area contributed by atoms with Gasteiger partial charge in [-0.1, -0.05) is 42.5 Å². The second kappa shape index (κ2) is 9.55. The van der Waals surface area contributed by atoms with Gasteiger partial charge < -0.3 is 9.64 Å². The van der Waals surface area contributed by atoms with Gasteiger partial charge in [-0.15, -0.1) is 0 Å². The Labute approximate surface area is 165 Å². The van der Waals surface area contributed by atoms with Crippen LogP contribution in [0.5, 0.6) is 5.75 Å². The Balaban J connectivity index is 1.49. The maximum atomic E-state index is 11.9. The number of hydrazone groups is 1. The van der Waals surface area contributed by atoms with Gasteiger partial charge in [-0.2, -0.15) is 5.10 Å². The number of fused-ring (bicyclic) bond motifs is 1. The molecule has 5 heteroatoms. The maximum absolute atomic E-state index is 11.9. The SMILES string of the molecule is CCN(CC)c1ccc(C=NNC(=O)COc2ccc3ccccc3c2)cc1. The van der Waals surface area contributed by atoms with Crippen LogP contribution in [-0.2, 0) is 4.79 Å². The first-order valence-corrected chi connectivity index (χ1v) is 9.48. The molecule has 0 aliphatic rings. The zero-order valence-corrected chi connectivity index (χ0v) is 16.3. The average molecular weight is 375 g/mol. The summed E-state index contributed by atoms with van der Waals surface area (Å²) >= 11 is 0. The largest absolute Gasteiger partial charge is 0.484 e. The van der Waals surface area contributed by atoms with Crippen LogP contribution in [0.15, 0.2) is 71.8 Å². The smallest absolute Gasteiger partial charge is 0.277 e. The fourth-order valence-corrected chi connectivity index (χ4v) is 2.98. The third kappa shape index (κ3) is 5.10. The van der Waals surface area contributed by atoms with E-state index in [0.717, 1.165) is 29.4 Å². The Morgan fingerprint density at radius 2 is 1.71 bits per heavy atom. The lowest BCUT2D eigenvalue weighted by Crippen LogP contribution is -2.24. The molecule has 0 fully saturated rings. The topological polar surface area (TPSA) is 53.9 Å². The van der Waals surface area contributed by atoms with Crippen molar-refractivity contribution in [2.75, 3.05) is 24.6 Å². The van der Waals surface area contributed by atoms with Crippen molar-refractivity contribution in [3.63, 3.8) is 0 Å². The highest BCUT2D eigenvalue weighted by molar-refractivity contribution is 5.85. The molecule has 0 saturated carbocycles. The van der Waals surface area contributed by atoms with Crippen LogP contribution >= 0.6 is 0 Å². The van der Waals surface area contributed by atoms with Gasteiger partial charge in [0.05, 0.1) is 6.21 Å². The number of nitrogens with zero attached hydrogens (tertiary/aromatic N) is 2. The number of benzene rings is 3. The van der Waals surface area contributed by atoms with Crippen molar-refractivity contribution >= 4 is 28.6 Å². The zero-order chi connectivity index (χ0) is 19.8. The van der Waals surface area contributed by atoms with Crippen LogP contribution in [0.4, 0.5) is 5.69 Å². The lowest BCUT2D eigenvalue weighted by molar-refractivity contribution is -0.123. The molecule has 1 amide bonds. The first kappa shape index (κ1) is 19.4. The number of nitrogens with one attached hydrogen (secondary N) is 1. The molecule has 5 nitrogen and oxygen atoms in total.